The number of nitrogens with zero attached hydrogens (tertiary/aromatic N) is 1. The highest BCUT2D eigenvalue weighted by molar-refractivity contribution is 5.87. The molecule has 1 aliphatic rings. The van der Waals surface area contributed by atoms with Gasteiger partial charge in [0, 0.05) is 18.7 Å². The van der Waals surface area contributed by atoms with E-state index in [1.54, 1.807) is 6.08 Å². The molecule has 3 nitrogen and oxygen atoms in total. The van der Waals surface area contributed by atoms with E-state index in [9.17, 15) is 4.79 Å². The maximum absolute atomic E-state index is 10.2. The summed E-state index contributed by atoms with van der Waals surface area (Å²) in [5.41, 5.74) is 0.432. The zero-order valence-corrected chi connectivity index (χ0v) is 5.00. The van der Waals surface area contributed by atoms with Crippen LogP contribution in [-0.2, 0) is 4.79 Å². The Balaban J connectivity index is 2.57. The highest BCUT2D eigenvalue weighted by Crippen LogP contribution is 2.00. The summed E-state index contributed by atoms with van der Waals surface area (Å²) in [6.45, 7) is 1.16. The lowest BCUT2D eigenvalue weighted by Crippen LogP contribution is -2.19. The molecule has 0 spiro atoms. The number of rotatable bonds is 1. The number of hydrogen-bond donors (Lipinski definition) is 1. The molecule has 0 bridgehead atoms. The molecule has 1 aliphatic heterocycles. The Labute approximate surface area is 53.4 Å². The van der Waals surface area contributed by atoms with Gasteiger partial charge in [0.05, 0.1) is 0 Å². The fraction of sp³-hybridized carbons (Fsp3) is 0.500. The topological polar surface area (TPSA) is 51.4 Å². The fourth-order valence-corrected chi connectivity index (χ4v) is 0.749. The highest BCUT2D eigenvalue weighted by Gasteiger charge is 2.09. The smallest absolute Gasteiger partial charge is 0.332 e. The van der Waals surface area contributed by atoms with Crippen LogP contribution in [0, 0.1) is 0 Å². The lowest BCUT2D eigenvalue weighted by Gasteiger charge is -2.07. The second-order valence-corrected chi connectivity index (χ2v) is 1.93. The molecule has 9 heavy (non-hydrogen) atoms. The molecule has 1 heterocycles. The van der Waals surface area contributed by atoms with Gasteiger partial charge >= 0.3 is 5.97 Å². The van der Waals surface area contributed by atoms with Crippen molar-refractivity contribution in [1.82, 2.24) is 5.32 Å². The first-order chi connectivity index (χ1) is 4.30. The van der Waals surface area contributed by atoms with Gasteiger partial charge in [-0.2, -0.15) is 0 Å². The third-order valence-electron chi connectivity index (χ3n) is 1.23. The van der Waals surface area contributed by atoms with Gasteiger partial charge in [-0.05, 0) is 6.42 Å². The van der Waals surface area contributed by atoms with Gasteiger partial charge in [-0.1, -0.05) is 6.08 Å². The van der Waals surface area contributed by atoms with Crippen molar-refractivity contribution >= 4 is 5.97 Å². The molecule has 0 aromatic carbocycles. The lowest BCUT2D eigenvalue weighted by molar-refractivity contribution is -0.132. The number of carboxylic acids is 1. The van der Waals surface area contributed by atoms with Crippen molar-refractivity contribution in [3.8, 4) is 0 Å². The molecule has 1 rings (SSSR count). The average molecular weight is 126 g/mol. The number of carbonyl (C=O) groups is 1. The van der Waals surface area contributed by atoms with Crippen molar-refractivity contribution in [3.63, 3.8) is 0 Å². The summed E-state index contributed by atoms with van der Waals surface area (Å²) < 4.78 is 0. The molecular formula is C6H8NO2. The van der Waals surface area contributed by atoms with Crippen LogP contribution in [0.1, 0.15) is 6.42 Å². The summed E-state index contributed by atoms with van der Waals surface area (Å²) in [5, 5.41) is 12.3. The molecule has 0 amide bonds. The van der Waals surface area contributed by atoms with Crippen molar-refractivity contribution in [3.05, 3.63) is 11.6 Å². The molecule has 0 atom stereocenters. The molecule has 0 saturated heterocycles. The first-order valence-corrected chi connectivity index (χ1v) is 2.86. The molecule has 0 fully saturated rings. The fourth-order valence-electron chi connectivity index (χ4n) is 0.749. The van der Waals surface area contributed by atoms with Gasteiger partial charge in [-0.3, -0.25) is 0 Å². The number of hydrogen-bond acceptors (Lipinski definition) is 1. The van der Waals surface area contributed by atoms with E-state index in [4.69, 9.17) is 5.11 Å². The van der Waals surface area contributed by atoms with E-state index < -0.39 is 5.97 Å². The predicted molar refractivity (Wildman–Crippen MR) is 32.2 cm³/mol. The van der Waals surface area contributed by atoms with E-state index in [0.29, 0.717) is 12.1 Å². The molecule has 0 aliphatic carbocycles. The van der Waals surface area contributed by atoms with Crippen LogP contribution in [0.5, 0.6) is 0 Å². The molecule has 0 aromatic heterocycles. The predicted octanol–water partition coefficient (Wildman–Crippen LogP) is 0.00550. The summed E-state index contributed by atoms with van der Waals surface area (Å²) in [6, 6.07) is 0. The Bertz CT molecular complexity index is 151. The van der Waals surface area contributed by atoms with E-state index in [0.717, 1.165) is 13.0 Å². The Morgan fingerprint density at radius 2 is 2.56 bits per heavy atom. The maximum atomic E-state index is 10.2. The molecule has 49 valence electrons. The van der Waals surface area contributed by atoms with E-state index >= 15 is 0 Å². The normalized spacial score (nSPS) is 18.9. The van der Waals surface area contributed by atoms with Crippen molar-refractivity contribution in [1.29, 1.82) is 0 Å². The zero-order valence-electron chi connectivity index (χ0n) is 5.00. The molecule has 0 unspecified atom stereocenters. The average Bonchev–Trinajstić information content (AvgIpc) is 1.90. The van der Waals surface area contributed by atoms with Gasteiger partial charge in [0.25, 0.3) is 0 Å². The molecule has 0 saturated carbocycles. The number of aliphatic carboxylic acids is 1. The third-order valence-corrected chi connectivity index (χ3v) is 1.23. The van der Waals surface area contributed by atoms with E-state index in [2.05, 4.69) is 5.32 Å². The monoisotopic (exact) mass is 126 g/mol. The summed E-state index contributed by atoms with van der Waals surface area (Å²) >= 11 is 0. The standard InChI is InChI=1S/C6H8NO2/c8-6(9)5-2-1-3-7-4-5/h2H,1,3-4H2,(H,8,9). The minimum atomic E-state index is -0.835. The minimum absolute atomic E-state index is 0.384. The highest BCUT2D eigenvalue weighted by atomic mass is 16.4. The maximum Gasteiger partial charge on any atom is 0.332 e. The van der Waals surface area contributed by atoms with E-state index in [1.165, 1.54) is 0 Å². The Hall–Kier alpha value is -0.830. The van der Waals surface area contributed by atoms with Crippen LogP contribution in [0.3, 0.4) is 0 Å². The molecule has 1 N–H and O–H groups in total. The summed E-state index contributed by atoms with van der Waals surface area (Å²) in [6.07, 6.45) is 2.51. The van der Waals surface area contributed by atoms with Gasteiger partial charge in [0.1, 0.15) is 0 Å². The van der Waals surface area contributed by atoms with Crippen LogP contribution in [-0.4, -0.2) is 24.2 Å². The van der Waals surface area contributed by atoms with E-state index in [1.807, 2.05) is 0 Å². The molecule has 0 aromatic rings. The summed E-state index contributed by atoms with van der Waals surface area (Å²) in [4.78, 5) is 10.2. The zero-order chi connectivity index (χ0) is 6.69. The summed E-state index contributed by atoms with van der Waals surface area (Å²) in [7, 11) is 0. The van der Waals surface area contributed by atoms with Crippen molar-refractivity contribution in [2.45, 2.75) is 6.42 Å². The van der Waals surface area contributed by atoms with Crippen LogP contribution < -0.4 is 5.32 Å². The quantitative estimate of drug-likeness (QED) is 0.538. The molecule has 3 heteroatoms. The van der Waals surface area contributed by atoms with Crippen LogP contribution in [0.2, 0.25) is 0 Å². The summed E-state index contributed by atoms with van der Waals surface area (Å²) in [5.74, 6) is -0.835. The van der Waals surface area contributed by atoms with E-state index in [-0.39, 0.29) is 0 Å². The van der Waals surface area contributed by atoms with Crippen LogP contribution >= 0.6 is 0 Å². The third kappa shape index (κ3) is 1.54. The lowest BCUT2D eigenvalue weighted by atomic mass is 10.1. The first kappa shape index (κ1) is 6.29. The number of carboxylic acid groups (broad SMARTS) is 1. The first-order valence-electron chi connectivity index (χ1n) is 2.86. The Kier molecular flexibility index (Phi) is 1.85. The second kappa shape index (κ2) is 2.64. The second-order valence-electron chi connectivity index (χ2n) is 1.93. The van der Waals surface area contributed by atoms with Crippen molar-refractivity contribution in [2.75, 3.05) is 13.1 Å². The molecule has 1 radical (unpaired) electrons. The molecular weight excluding hydrogens is 118 g/mol. The van der Waals surface area contributed by atoms with Gasteiger partial charge in [0.15, 0.2) is 0 Å². The van der Waals surface area contributed by atoms with Gasteiger partial charge in [-0.15, -0.1) is 0 Å². The van der Waals surface area contributed by atoms with Crippen LogP contribution in [0.25, 0.3) is 0 Å². The van der Waals surface area contributed by atoms with Crippen molar-refractivity contribution in [2.24, 2.45) is 0 Å². The van der Waals surface area contributed by atoms with Gasteiger partial charge < -0.3 is 5.11 Å². The minimum Gasteiger partial charge on any atom is -0.478 e. The Morgan fingerprint density at radius 1 is 1.78 bits per heavy atom. The van der Waals surface area contributed by atoms with Crippen LogP contribution in [0.15, 0.2) is 11.6 Å². The van der Waals surface area contributed by atoms with Gasteiger partial charge in [-0.25, -0.2) is 10.1 Å². The largest absolute Gasteiger partial charge is 0.478 e. The van der Waals surface area contributed by atoms with Gasteiger partial charge in [0.2, 0.25) is 0 Å². The van der Waals surface area contributed by atoms with Crippen molar-refractivity contribution < 1.29 is 9.90 Å². The SMILES string of the molecule is O=C(O)C1=CCC[N]C1. The van der Waals surface area contributed by atoms with Crippen LogP contribution in [0.4, 0.5) is 0 Å². The Morgan fingerprint density at radius 3 is 2.89 bits per heavy atom.